The summed E-state index contributed by atoms with van der Waals surface area (Å²) in [4.78, 5) is 0. The van der Waals surface area contributed by atoms with Crippen molar-refractivity contribution in [1.82, 2.24) is 0 Å². The summed E-state index contributed by atoms with van der Waals surface area (Å²) in [6, 6.07) is 0. The minimum Gasteiger partial charge on any atom is -0.0844 e. The maximum absolute atomic E-state index is 2.12. The summed E-state index contributed by atoms with van der Waals surface area (Å²) in [5.41, 5.74) is 0. The van der Waals surface area contributed by atoms with Gasteiger partial charge in [0, 0.05) is 0 Å². The number of rotatable bonds is 0. The van der Waals surface area contributed by atoms with E-state index >= 15 is 0 Å². The van der Waals surface area contributed by atoms with Crippen molar-refractivity contribution in [3.63, 3.8) is 0 Å². The van der Waals surface area contributed by atoms with Crippen molar-refractivity contribution in [3.8, 4) is 0 Å². The van der Waals surface area contributed by atoms with Crippen molar-refractivity contribution < 1.29 is 0 Å². The lowest BCUT2D eigenvalue weighted by atomic mass is 10.9. The zero-order valence-corrected chi connectivity index (χ0v) is 3.72. The van der Waals surface area contributed by atoms with E-state index in [2.05, 4.69) is 24.3 Å². The highest BCUT2D eigenvalue weighted by molar-refractivity contribution is 5.02. The summed E-state index contributed by atoms with van der Waals surface area (Å²) in [7, 11) is 0. The van der Waals surface area contributed by atoms with Gasteiger partial charge in [0.1, 0.15) is 0 Å². The predicted octanol–water partition coefficient (Wildman–Crippen LogP) is 1.89. The van der Waals surface area contributed by atoms with Crippen LogP contribution in [0.4, 0.5) is 0 Å². The lowest BCUT2D eigenvalue weighted by Crippen LogP contribution is -0.956. The van der Waals surface area contributed by atoms with E-state index in [1.165, 1.54) is 12.8 Å². The van der Waals surface area contributed by atoms with Gasteiger partial charge in [-0.05, 0) is 12.8 Å². The zero-order chi connectivity index (χ0) is 4.24. The molecule has 0 aliphatic heterocycles. The second-order valence-electron chi connectivity index (χ2n) is 1.41. The van der Waals surface area contributed by atoms with Crippen LogP contribution in [0, 0.1) is 0 Å². The molecule has 0 saturated heterocycles. The minimum atomic E-state index is 1.25. The monoisotopic (exact) mass is 80.1 g/mol. The summed E-state index contributed by atoms with van der Waals surface area (Å²) < 4.78 is 0. The first-order valence-corrected chi connectivity index (χ1v) is 2.30. The first-order valence-electron chi connectivity index (χ1n) is 2.30. The fourth-order valence-electron chi connectivity index (χ4n) is 0. The molecule has 32 valence electrons. The van der Waals surface area contributed by atoms with Crippen LogP contribution in [-0.4, -0.2) is 0 Å². The van der Waals surface area contributed by atoms with Gasteiger partial charge in [0.15, 0.2) is 0 Å². The largest absolute Gasteiger partial charge is 0.0844 e. The normalized spacial score (nSPS) is 18.7. The molecule has 2 aliphatic carbocycles. The molecular weight excluding hydrogens is 72.1 g/mol. The Bertz CT molecular complexity index is 58.0. The van der Waals surface area contributed by atoms with Crippen LogP contribution < -0.4 is 0 Å². The van der Waals surface area contributed by atoms with Crippen LogP contribution in [0.1, 0.15) is 12.8 Å². The first-order chi connectivity index (χ1) is 3.00. The molecule has 0 saturated carbocycles. The standard InChI is InChI=1S/2C3H4/c2*1-2-3-1/h2*1-2H,3H2. The third kappa shape index (κ3) is 9.77. The fraction of sp³-hybridized carbons (Fsp3) is 0.333. The summed E-state index contributed by atoms with van der Waals surface area (Å²) >= 11 is 0. The molecule has 0 unspecified atom stereocenters. The van der Waals surface area contributed by atoms with Crippen LogP contribution in [0.25, 0.3) is 0 Å². The van der Waals surface area contributed by atoms with Crippen molar-refractivity contribution in [2.75, 3.05) is 0 Å². The fourth-order valence-corrected chi connectivity index (χ4v) is 0. The van der Waals surface area contributed by atoms with E-state index < -0.39 is 0 Å². The van der Waals surface area contributed by atoms with Crippen molar-refractivity contribution in [2.45, 2.75) is 12.8 Å². The van der Waals surface area contributed by atoms with Gasteiger partial charge in [0.05, 0.1) is 0 Å². The minimum absolute atomic E-state index is 1.25. The molecule has 0 nitrogen and oxygen atoms in total. The van der Waals surface area contributed by atoms with E-state index in [0.717, 1.165) is 0 Å². The molecule has 0 aromatic heterocycles. The average Bonchev–Trinajstić information content (AvgIpc) is 2.31. The Hall–Kier alpha value is -0.520. The molecular formula is C6H8. The zero-order valence-electron chi connectivity index (χ0n) is 3.72. The second kappa shape index (κ2) is 1.81. The average molecular weight is 80.1 g/mol. The maximum Gasteiger partial charge on any atom is -0.0169 e. The third-order valence-corrected chi connectivity index (χ3v) is 0.471. The van der Waals surface area contributed by atoms with Gasteiger partial charge in [-0.25, -0.2) is 0 Å². The highest BCUT2D eigenvalue weighted by atomic mass is 13.8. The van der Waals surface area contributed by atoms with Crippen LogP contribution >= 0.6 is 0 Å². The van der Waals surface area contributed by atoms with Crippen molar-refractivity contribution in [2.24, 2.45) is 0 Å². The Kier molecular flexibility index (Phi) is 1.10. The van der Waals surface area contributed by atoms with E-state index in [9.17, 15) is 0 Å². The molecule has 0 atom stereocenters. The number of hydrogen-bond donors (Lipinski definition) is 0. The summed E-state index contributed by atoms with van der Waals surface area (Å²) in [5.74, 6) is 0. The topological polar surface area (TPSA) is 0 Å². The molecule has 0 fully saturated rings. The molecule has 0 amide bonds. The summed E-state index contributed by atoms with van der Waals surface area (Å²) in [6.07, 6.45) is 11.0. The van der Waals surface area contributed by atoms with Crippen LogP contribution in [0.5, 0.6) is 0 Å². The van der Waals surface area contributed by atoms with Gasteiger partial charge in [-0.15, -0.1) is 0 Å². The molecule has 0 heteroatoms. The molecule has 6 heavy (non-hydrogen) atoms. The third-order valence-electron chi connectivity index (χ3n) is 0.471. The molecule has 0 aromatic carbocycles. The Labute approximate surface area is 38.2 Å². The van der Waals surface area contributed by atoms with Gasteiger partial charge < -0.3 is 0 Å². The van der Waals surface area contributed by atoms with Gasteiger partial charge in [0.25, 0.3) is 0 Å². The quantitative estimate of drug-likeness (QED) is 0.390. The van der Waals surface area contributed by atoms with Crippen LogP contribution in [0.2, 0.25) is 0 Å². The van der Waals surface area contributed by atoms with Crippen LogP contribution in [0.15, 0.2) is 24.3 Å². The van der Waals surface area contributed by atoms with E-state index in [0.29, 0.717) is 0 Å². The highest BCUT2D eigenvalue weighted by Crippen LogP contribution is 1.97. The summed E-state index contributed by atoms with van der Waals surface area (Å²) in [6.45, 7) is 0. The lowest BCUT2D eigenvalue weighted by Gasteiger charge is -1.15. The van der Waals surface area contributed by atoms with Crippen LogP contribution in [0.3, 0.4) is 0 Å². The molecule has 2 aliphatic rings. The first kappa shape index (κ1) is 3.66. The highest BCUT2D eigenvalue weighted by Gasteiger charge is 1.76. The molecule has 2 rings (SSSR count). The SMILES string of the molecule is C1=CC1.C1=CC1. The van der Waals surface area contributed by atoms with E-state index in [1.807, 2.05) is 0 Å². The van der Waals surface area contributed by atoms with Gasteiger partial charge in [-0.3, -0.25) is 0 Å². The molecule has 0 spiro atoms. The Balaban J connectivity index is 0.0000000600. The number of allylic oxidation sites excluding steroid dienone is 4. The van der Waals surface area contributed by atoms with Gasteiger partial charge in [-0.1, -0.05) is 24.3 Å². The molecule has 0 aromatic rings. The predicted molar refractivity (Wildman–Crippen MR) is 27.5 cm³/mol. The Morgan fingerprint density at radius 2 is 0.833 bits per heavy atom. The van der Waals surface area contributed by atoms with Crippen molar-refractivity contribution in [3.05, 3.63) is 24.3 Å². The smallest absolute Gasteiger partial charge is 0.0169 e. The van der Waals surface area contributed by atoms with Crippen LogP contribution in [-0.2, 0) is 0 Å². The molecule has 0 radical (unpaired) electrons. The Morgan fingerprint density at radius 3 is 0.833 bits per heavy atom. The lowest BCUT2D eigenvalue weighted by molar-refractivity contribution is 1.71. The van der Waals surface area contributed by atoms with E-state index in [1.54, 1.807) is 0 Å². The van der Waals surface area contributed by atoms with E-state index in [4.69, 9.17) is 0 Å². The van der Waals surface area contributed by atoms with Gasteiger partial charge >= 0.3 is 0 Å². The summed E-state index contributed by atoms with van der Waals surface area (Å²) in [5, 5.41) is 0. The molecule has 0 bridgehead atoms. The maximum atomic E-state index is 2.12. The van der Waals surface area contributed by atoms with Crippen molar-refractivity contribution >= 4 is 0 Å². The second-order valence-corrected chi connectivity index (χ2v) is 1.41. The molecule has 0 N–H and O–H groups in total. The van der Waals surface area contributed by atoms with Crippen molar-refractivity contribution in [1.29, 1.82) is 0 Å². The van der Waals surface area contributed by atoms with E-state index in [-0.39, 0.29) is 0 Å². The molecule has 0 heterocycles. The van der Waals surface area contributed by atoms with Gasteiger partial charge in [0.2, 0.25) is 0 Å². The Morgan fingerprint density at radius 1 is 0.667 bits per heavy atom. The number of hydrogen-bond acceptors (Lipinski definition) is 0. The van der Waals surface area contributed by atoms with Gasteiger partial charge in [-0.2, -0.15) is 0 Å².